The van der Waals surface area contributed by atoms with Crippen LogP contribution in [0.25, 0.3) is 0 Å². The number of β-lactam (4-membered cyclic amide) rings is 1. The number of rotatable bonds is 14. The standard InChI is InChI=1S/C25H43N3O7Si/c1-10-12-33-23(31)26-16-18(28(7)24(32)34-13-11-2)14-19(29)15-20-21(22(30)27-20)17(3)35-36(8,9)25(4,5)6/h10-11,17-18,20-21H,1-2,12-16H2,3-9H3,(H,26,31)(H,27,30)/t17-,18+,20-,21-/m1/s1. The highest BCUT2D eigenvalue weighted by molar-refractivity contribution is 6.74. The van der Waals surface area contributed by atoms with Crippen molar-refractivity contribution in [1.82, 2.24) is 15.5 Å². The maximum absolute atomic E-state index is 13.0. The lowest BCUT2D eigenvalue weighted by atomic mass is 9.82. The fourth-order valence-corrected chi connectivity index (χ4v) is 5.02. The molecular formula is C25H43N3O7Si. The van der Waals surface area contributed by atoms with Crippen LogP contribution in [0.5, 0.6) is 0 Å². The summed E-state index contributed by atoms with van der Waals surface area (Å²) in [6, 6.07) is -1.03. The highest BCUT2D eigenvalue weighted by Gasteiger charge is 2.48. The summed E-state index contributed by atoms with van der Waals surface area (Å²) in [5.41, 5.74) is 0. The van der Waals surface area contributed by atoms with E-state index >= 15 is 0 Å². The fraction of sp³-hybridized carbons (Fsp3) is 0.680. The Labute approximate surface area is 215 Å². The Morgan fingerprint density at radius 3 is 2.28 bits per heavy atom. The number of nitrogens with zero attached hydrogens (tertiary/aromatic N) is 1. The number of ketones is 1. The maximum Gasteiger partial charge on any atom is 0.410 e. The first-order chi connectivity index (χ1) is 16.6. The molecule has 1 aliphatic heterocycles. The third-order valence-electron chi connectivity index (χ3n) is 6.74. The largest absolute Gasteiger partial charge is 0.445 e. The molecule has 10 nitrogen and oxygen atoms in total. The fourth-order valence-electron chi connectivity index (χ4n) is 3.59. The average molecular weight is 526 g/mol. The first-order valence-corrected chi connectivity index (χ1v) is 15.1. The van der Waals surface area contributed by atoms with Gasteiger partial charge in [-0.25, -0.2) is 9.59 Å². The molecule has 2 N–H and O–H groups in total. The van der Waals surface area contributed by atoms with Gasteiger partial charge in [0.1, 0.15) is 19.0 Å². The van der Waals surface area contributed by atoms with Crippen molar-refractivity contribution in [3.05, 3.63) is 25.3 Å². The van der Waals surface area contributed by atoms with Crippen LogP contribution in [0.15, 0.2) is 25.3 Å². The van der Waals surface area contributed by atoms with E-state index in [4.69, 9.17) is 13.9 Å². The van der Waals surface area contributed by atoms with E-state index in [2.05, 4.69) is 57.7 Å². The molecule has 1 heterocycles. The monoisotopic (exact) mass is 525 g/mol. The van der Waals surface area contributed by atoms with E-state index in [1.165, 1.54) is 24.1 Å². The molecule has 0 aromatic heterocycles. The lowest BCUT2D eigenvalue weighted by Crippen LogP contribution is -2.64. The van der Waals surface area contributed by atoms with Crippen LogP contribution in [-0.2, 0) is 23.5 Å². The number of nitrogens with one attached hydrogen (secondary N) is 2. The van der Waals surface area contributed by atoms with Crippen molar-refractivity contribution in [3.8, 4) is 0 Å². The molecular weight excluding hydrogens is 482 g/mol. The molecule has 0 aliphatic carbocycles. The van der Waals surface area contributed by atoms with Crippen LogP contribution in [0.4, 0.5) is 9.59 Å². The molecule has 36 heavy (non-hydrogen) atoms. The second-order valence-corrected chi connectivity index (χ2v) is 15.3. The van der Waals surface area contributed by atoms with E-state index in [0.717, 1.165) is 0 Å². The number of likely N-dealkylation sites (N-methyl/N-ethyl adjacent to an activating group) is 1. The van der Waals surface area contributed by atoms with Gasteiger partial charge in [0.05, 0.1) is 18.1 Å². The van der Waals surface area contributed by atoms with Crippen LogP contribution in [0.2, 0.25) is 18.1 Å². The summed E-state index contributed by atoms with van der Waals surface area (Å²) in [7, 11) is -0.607. The number of Topliss-reactive ketones (excluding diaryl/α,β-unsaturated/α-hetero) is 1. The first kappa shape index (κ1) is 31.4. The number of carbonyl (C=O) groups excluding carboxylic acids is 4. The van der Waals surface area contributed by atoms with E-state index in [9.17, 15) is 19.2 Å². The quantitative estimate of drug-likeness (QED) is 0.202. The molecule has 0 spiro atoms. The Morgan fingerprint density at radius 2 is 1.75 bits per heavy atom. The zero-order chi connectivity index (χ0) is 27.7. The van der Waals surface area contributed by atoms with Gasteiger partial charge >= 0.3 is 12.2 Å². The van der Waals surface area contributed by atoms with Crippen molar-refractivity contribution in [2.75, 3.05) is 26.8 Å². The van der Waals surface area contributed by atoms with E-state index in [1.807, 2.05) is 6.92 Å². The van der Waals surface area contributed by atoms with Crippen LogP contribution in [0, 0.1) is 5.92 Å². The Kier molecular flexibility index (Phi) is 11.8. The molecule has 1 saturated heterocycles. The summed E-state index contributed by atoms with van der Waals surface area (Å²) >= 11 is 0. The SMILES string of the molecule is C=CCOC(=O)NC[C@H](CC(=O)C[C@H]1NC(=O)[C@@H]1[C@@H](C)O[Si](C)(C)C(C)(C)C)N(C)C(=O)OCC=C. The van der Waals surface area contributed by atoms with Gasteiger partial charge in [-0.15, -0.1) is 0 Å². The molecule has 0 bridgehead atoms. The lowest BCUT2D eigenvalue weighted by Gasteiger charge is -2.45. The maximum atomic E-state index is 13.0. The van der Waals surface area contributed by atoms with Crippen molar-refractivity contribution in [3.63, 3.8) is 0 Å². The van der Waals surface area contributed by atoms with Crippen molar-refractivity contribution in [2.24, 2.45) is 5.92 Å². The summed E-state index contributed by atoms with van der Waals surface area (Å²) in [4.78, 5) is 50.8. The zero-order valence-electron chi connectivity index (χ0n) is 22.7. The van der Waals surface area contributed by atoms with Crippen LogP contribution >= 0.6 is 0 Å². The van der Waals surface area contributed by atoms with Gasteiger partial charge < -0.3 is 29.4 Å². The van der Waals surface area contributed by atoms with Gasteiger partial charge in [0, 0.05) is 32.5 Å². The van der Waals surface area contributed by atoms with Gasteiger partial charge in [-0.2, -0.15) is 0 Å². The van der Waals surface area contributed by atoms with Gasteiger partial charge in [0.2, 0.25) is 5.91 Å². The van der Waals surface area contributed by atoms with Crippen LogP contribution < -0.4 is 10.6 Å². The van der Waals surface area contributed by atoms with E-state index < -0.39 is 32.5 Å². The molecule has 1 fully saturated rings. The Hall–Kier alpha value is -2.66. The van der Waals surface area contributed by atoms with Gasteiger partial charge in [-0.3, -0.25) is 9.59 Å². The molecule has 3 amide bonds. The number of carbonyl (C=O) groups is 4. The first-order valence-electron chi connectivity index (χ1n) is 12.2. The summed E-state index contributed by atoms with van der Waals surface area (Å²) in [6.07, 6.45) is 1.24. The predicted octanol–water partition coefficient (Wildman–Crippen LogP) is 3.40. The molecule has 0 aromatic carbocycles. The van der Waals surface area contributed by atoms with Crippen LogP contribution in [-0.4, -0.2) is 82.1 Å². The van der Waals surface area contributed by atoms with Gasteiger partial charge in [0.15, 0.2) is 8.32 Å². The number of amides is 3. The molecule has 204 valence electrons. The Bertz CT molecular complexity index is 825. The summed E-state index contributed by atoms with van der Waals surface area (Å²) in [6.45, 7) is 19.5. The minimum atomic E-state index is -2.10. The zero-order valence-corrected chi connectivity index (χ0v) is 23.7. The van der Waals surface area contributed by atoms with Gasteiger partial charge in [-0.1, -0.05) is 46.1 Å². The van der Waals surface area contributed by atoms with Gasteiger partial charge in [0.25, 0.3) is 0 Å². The van der Waals surface area contributed by atoms with Crippen molar-refractivity contribution < 1.29 is 33.1 Å². The lowest BCUT2D eigenvalue weighted by molar-refractivity contribution is -0.141. The molecule has 11 heteroatoms. The van der Waals surface area contributed by atoms with Crippen molar-refractivity contribution >= 4 is 32.2 Å². The molecule has 1 aliphatic rings. The van der Waals surface area contributed by atoms with E-state index in [1.54, 1.807) is 0 Å². The van der Waals surface area contributed by atoms with E-state index in [0.29, 0.717) is 0 Å². The molecule has 0 unspecified atom stereocenters. The molecule has 0 saturated carbocycles. The number of alkyl carbamates (subject to hydrolysis) is 1. The Morgan fingerprint density at radius 1 is 1.17 bits per heavy atom. The molecule has 4 atom stereocenters. The minimum Gasteiger partial charge on any atom is -0.445 e. The smallest absolute Gasteiger partial charge is 0.410 e. The van der Waals surface area contributed by atoms with E-state index in [-0.39, 0.29) is 61.5 Å². The van der Waals surface area contributed by atoms with Crippen molar-refractivity contribution in [1.29, 1.82) is 0 Å². The predicted molar refractivity (Wildman–Crippen MR) is 140 cm³/mol. The van der Waals surface area contributed by atoms with Crippen LogP contribution in [0.1, 0.15) is 40.5 Å². The van der Waals surface area contributed by atoms with Gasteiger partial charge in [-0.05, 0) is 25.1 Å². The third kappa shape index (κ3) is 9.09. The molecule has 1 rings (SSSR count). The number of hydrogen-bond donors (Lipinski definition) is 2. The third-order valence-corrected chi connectivity index (χ3v) is 11.3. The summed E-state index contributed by atoms with van der Waals surface area (Å²) in [5, 5.41) is 5.36. The van der Waals surface area contributed by atoms with Crippen LogP contribution in [0.3, 0.4) is 0 Å². The summed E-state index contributed by atoms with van der Waals surface area (Å²) < 4.78 is 16.4. The van der Waals surface area contributed by atoms with Crippen molar-refractivity contribution in [2.45, 2.75) is 76.9 Å². The normalized spacial score (nSPS) is 19.1. The number of ether oxygens (including phenoxy) is 2. The number of hydrogen-bond acceptors (Lipinski definition) is 7. The molecule has 0 aromatic rings. The summed E-state index contributed by atoms with van der Waals surface area (Å²) in [5.74, 6) is -0.727. The topological polar surface area (TPSA) is 123 Å². The highest BCUT2D eigenvalue weighted by Crippen LogP contribution is 2.39. The second-order valence-electron chi connectivity index (χ2n) is 10.6. The Balaban J connectivity index is 2.84. The second kappa shape index (κ2) is 13.6. The minimum absolute atomic E-state index is 0.00929. The average Bonchev–Trinajstić information content (AvgIpc) is 2.76. The molecule has 0 radical (unpaired) electrons. The highest BCUT2D eigenvalue weighted by atomic mass is 28.4.